The van der Waals surface area contributed by atoms with Crippen molar-refractivity contribution >= 4 is 33.5 Å². The molecular weight excluding hydrogens is 630 g/mol. The quantitative estimate of drug-likeness (QED) is 0.184. The third-order valence-electron chi connectivity index (χ3n) is 8.04. The Kier molecular flexibility index (Phi) is 8.90. The lowest BCUT2D eigenvalue weighted by Gasteiger charge is -2.23. The molecule has 2 aromatic carbocycles. The molecule has 3 N–H and O–H groups in total. The Bertz CT molecular complexity index is 2150. The van der Waals surface area contributed by atoms with E-state index >= 15 is 0 Å². The fourth-order valence-corrected chi connectivity index (χ4v) is 6.74. The van der Waals surface area contributed by atoms with Crippen molar-refractivity contribution in [2.45, 2.75) is 42.3 Å². The fourth-order valence-electron chi connectivity index (χ4n) is 5.53. The summed E-state index contributed by atoms with van der Waals surface area (Å²) in [5.41, 5.74) is 1.96. The molecule has 7 rings (SSSR count). The van der Waals surface area contributed by atoms with Crippen LogP contribution in [0.25, 0.3) is 11.0 Å². The SMILES string of the molecule is Cc1ccccc1Oc1cc2cnc(Nc3ccc(OC4CCNCC4)cc3)nc2n(Cc2n[nH][n+](C)c2S(=O)c2ccncc2)c1=O. The van der Waals surface area contributed by atoms with E-state index in [9.17, 15) is 9.00 Å². The van der Waals surface area contributed by atoms with Crippen LogP contribution in [-0.4, -0.2) is 53.2 Å². The van der Waals surface area contributed by atoms with Crippen LogP contribution >= 0.6 is 0 Å². The summed E-state index contributed by atoms with van der Waals surface area (Å²) in [5.74, 6) is 1.75. The van der Waals surface area contributed by atoms with Gasteiger partial charge in [-0.25, -0.2) is 9.19 Å². The number of benzene rings is 2. The Morgan fingerprint density at radius 3 is 2.58 bits per heavy atom. The minimum atomic E-state index is -1.60. The normalized spacial score (nSPS) is 14.1. The van der Waals surface area contributed by atoms with Crippen LogP contribution in [0.5, 0.6) is 17.2 Å². The van der Waals surface area contributed by atoms with Gasteiger partial charge in [-0.3, -0.25) is 14.3 Å². The number of hydrogen-bond donors (Lipinski definition) is 3. The van der Waals surface area contributed by atoms with E-state index in [4.69, 9.17) is 14.5 Å². The van der Waals surface area contributed by atoms with E-state index in [-0.39, 0.29) is 18.4 Å². The molecule has 48 heavy (non-hydrogen) atoms. The van der Waals surface area contributed by atoms with Gasteiger partial charge < -0.3 is 20.1 Å². The number of ether oxygens (including phenoxy) is 2. The van der Waals surface area contributed by atoms with E-state index in [1.807, 2.05) is 49.4 Å². The smallest absolute Gasteiger partial charge is 0.295 e. The van der Waals surface area contributed by atoms with E-state index in [0.717, 1.165) is 42.9 Å². The number of aryl methyl sites for hydroxylation is 2. The first-order valence-electron chi connectivity index (χ1n) is 15.6. The highest BCUT2D eigenvalue weighted by Crippen LogP contribution is 2.27. The summed E-state index contributed by atoms with van der Waals surface area (Å²) < 4.78 is 29.0. The summed E-state index contributed by atoms with van der Waals surface area (Å²) >= 11 is 0. The van der Waals surface area contributed by atoms with Gasteiger partial charge in [0.2, 0.25) is 5.95 Å². The number of piperidine rings is 1. The molecule has 0 radical (unpaired) electrons. The summed E-state index contributed by atoms with van der Waals surface area (Å²) in [6.07, 6.45) is 6.95. The van der Waals surface area contributed by atoms with Crippen molar-refractivity contribution in [3.63, 3.8) is 0 Å². The first-order valence-corrected chi connectivity index (χ1v) is 16.7. The lowest BCUT2D eigenvalue weighted by molar-refractivity contribution is -0.764. The predicted molar refractivity (Wildman–Crippen MR) is 179 cm³/mol. The molecule has 0 bridgehead atoms. The molecule has 1 fully saturated rings. The molecule has 1 unspecified atom stereocenters. The average molecular weight is 665 g/mol. The van der Waals surface area contributed by atoms with Crippen molar-refractivity contribution in [1.82, 2.24) is 35.1 Å². The van der Waals surface area contributed by atoms with Crippen molar-refractivity contribution in [3.8, 4) is 17.2 Å². The number of anilines is 2. The van der Waals surface area contributed by atoms with Crippen LogP contribution in [0.4, 0.5) is 11.6 Å². The van der Waals surface area contributed by atoms with Gasteiger partial charge in [0.1, 0.15) is 47.6 Å². The minimum Gasteiger partial charge on any atom is -0.490 e. The highest BCUT2D eigenvalue weighted by molar-refractivity contribution is 7.85. The average Bonchev–Trinajstić information content (AvgIpc) is 3.48. The Morgan fingerprint density at radius 1 is 1.04 bits per heavy atom. The summed E-state index contributed by atoms with van der Waals surface area (Å²) in [7, 11) is 0.114. The maximum Gasteiger partial charge on any atom is 0.295 e. The highest BCUT2D eigenvalue weighted by atomic mass is 32.2. The van der Waals surface area contributed by atoms with Gasteiger partial charge in [0.15, 0.2) is 5.75 Å². The van der Waals surface area contributed by atoms with Crippen LogP contribution in [0.2, 0.25) is 0 Å². The van der Waals surface area contributed by atoms with E-state index in [1.165, 1.54) is 4.57 Å². The standard InChI is InChI=1S/C34H33N9O4S/c1-22-5-3-4-6-29(22)47-30-19-23-20-37-34(38-24-7-9-25(10-8-24)46-26-11-15-35-16-12-26)39-31(23)43(32(30)44)21-28-33(42(2)41-40-28)48(45)27-13-17-36-18-14-27/h3-10,13-14,17-20,26,35H,11-12,15-16,21H2,1-2H3,(H,37,38,39,44)/p+1. The molecule has 0 amide bonds. The number of rotatable bonds is 10. The number of H-pyrrole nitrogens is 1. The topological polar surface area (TPSA) is 153 Å². The summed E-state index contributed by atoms with van der Waals surface area (Å²) in [6.45, 7) is 3.78. The van der Waals surface area contributed by atoms with Crippen molar-refractivity contribution in [3.05, 3.63) is 107 Å². The van der Waals surface area contributed by atoms with Gasteiger partial charge in [-0.2, -0.15) is 4.98 Å². The highest BCUT2D eigenvalue weighted by Gasteiger charge is 2.28. The lowest BCUT2D eigenvalue weighted by atomic mass is 10.1. The van der Waals surface area contributed by atoms with Crippen molar-refractivity contribution in [2.75, 3.05) is 18.4 Å². The molecule has 1 atom stereocenters. The van der Waals surface area contributed by atoms with E-state index < -0.39 is 16.4 Å². The second-order valence-electron chi connectivity index (χ2n) is 11.4. The Morgan fingerprint density at radius 2 is 1.81 bits per heavy atom. The predicted octanol–water partition coefficient (Wildman–Crippen LogP) is 3.92. The zero-order valence-electron chi connectivity index (χ0n) is 26.4. The Labute approximate surface area is 278 Å². The molecule has 1 saturated heterocycles. The van der Waals surface area contributed by atoms with Crippen LogP contribution in [0.1, 0.15) is 24.1 Å². The van der Waals surface area contributed by atoms with Gasteiger partial charge >= 0.3 is 0 Å². The molecule has 1 aliphatic heterocycles. The first kappa shape index (κ1) is 31.1. The number of nitrogens with zero attached hydrogens (tertiary/aromatic N) is 6. The molecular formula is C34H34N9O4S+. The van der Waals surface area contributed by atoms with Crippen LogP contribution in [0.15, 0.2) is 100 Å². The number of pyridine rings is 2. The van der Waals surface area contributed by atoms with Gasteiger partial charge in [-0.1, -0.05) is 23.4 Å². The van der Waals surface area contributed by atoms with Crippen molar-refractivity contribution < 1.29 is 18.4 Å². The minimum absolute atomic E-state index is 0.0387. The van der Waals surface area contributed by atoms with Crippen LogP contribution in [0.3, 0.4) is 0 Å². The Balaban J connectivity index is 1.25. The molecule has 5 heterocycles. The second-order valence-corrected chi connectivity index (χ2v) is 12.8. The molecule has 1 aliphatic rings. The first-order chi connectivity index (χ1) is 23.4. The molecule has 14 heteroatoms. The number of fused-ring (bicyclic) bond motifs is 1. The van der Waals surface area contributed by atoms with E-state index in [2.05, 4.69) is 30.9 Å². The molecule has 4 aromatic heterocycles. The number of hydrogen-bond acceptors (Lipinski definition) is 10. The van der Waals surface area contributed by atoms with Crippen LogP contribution in [0, 0.1) is 6.92 Å². The summed E-state index contributed by atoms with van der Waals surface area (Å²) in [4.78, 5) is 28.0. The largest absolute Gasteiger partial charge is 0.490 e. The summed E-state index contributed by atoms with van der Waals surface area (Å²) in [6, 6.07) is 20.1. The maximum absolute atomic E-state index is 14.1. The van der Waals surface area contributed by atoms with Gasteiger partial charge in [0, 0.05) is 34.8 Å². The number of aromatic nitrogens is 7. The van der Waals surface area contributed by atoms with Gasteiger partial charge in [-0.05, 0) is 86.9 Å². The second kappa shape index (κ2) is 13.7. The molecule has 0 spiro atoms. The molecule has 244 valence electrons. The maximum atomic E-state index is 14.1. The molecule has 13 nitrogen and oxygen atoms in total. The third kappa shape index (κ3) is 6.66. The van der Waals surface area contributed by atoms with E-state index in [1.54, 1.807) is 54.6 Å². The van der Waals surface area contributed by atoms with E-state index in [0.29, 0.717) is 38.3 Å². The van der Waals surface area contributed by atoms with Crippen LogP contribution < -0.4 is 30.3 Å². The van der Waals surface area contributed by atoms with Gasteiger partial charge in [-0.15, -0.1) is 4.68 Å². The number of para-hydroxylation sites is 1. The summed E-state index contributed by atoms with van der Waals surface area (Å²) in [5, 5.41) is 14.9. The molecule has 6 aromatic rings. The zero-order valence-corrected chi connectivity index (χ0v) is 27.2. The number of nitrogens with one attached hydrogen (secondary N) is 3. The molecule has 0 aliphatic carbocycles. The zero-order chi connectivity index (χ0) is 33.0. The lowest BCUT2D eigenvalue weighted by Crippen LogP contribution is -2.35. The monoisotopic (exact) mass is 664 g/mol. The molecule has 0 saturated carbocycles. The van der Waals surface area contributed by atoms with Crippen molar-refractivity contribution in [2.24, 2.45) is 7.05 Å². The fraction of sp³-hybridized carbons (Fsp3) is 0.235. The van der Waals surface area contributed by atoms with Gasteiger partial charge in [0.05, 0.1) is 4.90 Å². The van der Waals surface area contributed by atoms with Crippen LogP contribution in [-0.2, 0) is 24.4 Å². The third-order valence-corrected chi connectivity index (χ3v) is 9.60. The number of aromatic amines is 1. The van der Waals surface area contributed by atoms with Gasteiger partial charge in [0.25, 0.3) is 16.3 Å². The van der Waals surface area contributed by atoms with Crippen molar-refractivity contribution in [1.29, 1.82) is 0 Å². The Hall–Kier alpha value is -5.47.